The van der Waals surface area contributed by atoms with Crippen LogP contribution in [0.15, 0.2) is 24.3 Å². The normalized spacial score (nSPS) is 39.3. The average Bonchev–Trinajstić information content (AvgIpc) is 2.94. The third-order valence-electron chi connectivity index (χ3n) is 6.84. The van der Waals surface area contributed by atoms with Crippen LogP contribution < -0.4 is 5.32 Å². The average molecular weight is 326 g/mol. The molecule has 0 aromatic heterocycles. The molecule has 2 N–H and O–H groups in total. The van der Waals surface area contributed by atoms with Crippen LogP contribution in [0.1, 0.15) is 49.7 Å². The van der Waals surface area contributed by atoms with Crippen molar-refractivity contribution in [3.8, 4) is 0 Å². The topological polar surface area (TPSA) is 52.6 Å². The van der Waals surface area contributed by atoms with Crippen molar-refractivity contribution in [3.63, 3.8) is 0 Å². The second-order valence-corrected chi connectivity index (χ2v) is 8.84. The Morgan fingerprint density at radius 1 is 1.12 bits per heavy atom. The monoisotopic (exact) mass is 326 g/mol. The number of amides is 1. The van der Waals surface area contributed by atoms with Gasteiger partial charge in [0.25, 0.3) is 0 Å². The molecule has 0 radical (unpaired) electrons. The van der Waals surface area contributed by atoms with Gasteiger partial charge in [-0.1, -0.05) is 24.3 Å². The fourth-order valence-electron chi connectivity index (χ4n) is 6.31. The largest absolute Gasteiger partial charge is 0.390 e. The number of carbonyl (C=O) groups excluding carboxylic acids is 1. The first kappa shape index (κ1) is 14.9. The molecule has 4 saturated carbocycles. The number of hydrogen-bond acceptors (Lipinski definition) is 3. The van der Waals surface area contributed by atoms with Gasteiger partial charge in [0, 0.05) is 18.6 Å². The lowest BCUT2D eigenvalue weighted by atomic mass is 9.51. The zero-order valence-electron chi connectivity index (χ0n) is 14.1. The quantitative estimate of drug-likeness (QED) is 0.895. The summed E-state index contributed by atoms with van der Waals surface area (Å²) >= 11 is 0. The van der Waals surface area contributed by atoms with Gasteiger partial charge in [-0.3, -0.25) is 4.79 Å². The highest BCUT2D eigenvalue weighted by Gasteiger charge is 2.57. The highest BCUT2D eigenvalue weighted by molar-refractivity contribution is 5.79. The van der Waals surface area contributed by atoms with Gasteiger partial charge in [0.05, 0.1) is 12.1 Å². The Balaban J connectivity index is 1.25. The van der Waals surface area contributed by atoms with Gasteiger partial charge < -0.3 is 15.3 Å². The van der Waals surface area contributed by atoms with Crippen LogP contribution >= 0.6 is 0 Å². The molecule has 1 amide bonds. The van der Waals surface area contributed by atoms with Crippen molar-refractivity contribution in [3.05, 3.63) is 35.4 Å². The summed E-state index contributed by atoms with van der Waals surface area (Å²) in [5, 5.41) is 14.4. The van der Waals surface area contributed by atoms with E-state index in [2.05, 4.69) is 17.4 Å². The van der Waals surface area contributed by atoms with Crippen molar-refractivity contribution in [2.45, 2.75) is 62.8 Å². The molecule has 0 spiro atoms. The van der Waals surface area contributed by atoms with Crippen LogP contribution in [0.4, 0.5) is 0 Å². The highest BCUT2D eigenvalue weighted by Crippen LogP contribution is 2.57. The molecule has 1 aromatic carbocycles. The third kappa shape index (κ3) is 2.39. The first-order chi connectivity index (χ1) is 11.5. The van der Waals surface area contributed by atoms with E-state index >= 15 is 0 Å². The smallest absolute Gasteiger partial charge is 0.237 e. The molecule has 4 heteroatoms. The van der Waals surface area contributed by atoms with Crippen molar-refractivity contribution in [2.75, 3.05) is 6.54 Å². The number of nitrogens with one attached hydrogen (secondary N) is 1. The van der Waals surface area contributed by atoms with Crippen LogP contribution in [0.25, 0.3) is 0 Å². The Morgan fingerprint density at radius 2 is 1.75 bits per heavy atom. The molecule has 4 nitrogen and oxygen atoms in total. The summed E-state index contributed by atoms with van der Waals surface area (Å²) in [6.45, 7) is 1.88. The first-order valence-electron chi connectivity index (χ1n) is 9.35. The lowest BCUT2D eigenvalue weighted by molar-refractivity contribution is -0.147. The van der Waals surface area contributed by atoms with Gasteiger partial charge in [-0.25, -0.2) is 0 Å². The summed E-state index contributed by atoms with van der Waals surface area (Å²) in [5.41, 5.74) is 2.08. The molecule has 6 rings (SSSR count). The maximum Gasteiger partial charge on any atom is 0.237 e. The summed E-state index contributed by atoms with van der Waals surface area (Å²) in [6, 6.07) is 8.32. The number of hydrogen-bond donors (Lipinski definition) is 2. The molecule has 24 heavy (non-hydrogen) atoms. The zero-order chi connectivity index (χ0) is 16.4. The van der Waals surface area contributed by atoms with Gasteiger partial charge >= 0.3 is 0 Å². The van der Waals surface area contributed by atoms with E-state index in [1.54, 1.807) is 0 Å². The summed E-state index contributed by atoms with van der Waals surface area (Å²) in [7, 11) is 0. The Bertz CT molecular complexity index is 647. The van der Waals surface area contributed by atoms with Gasteiger partial charge in [0.15, 0.2) is 0 Å². The Hall–Kier alpha value is -1.39. The molecule has 0 saturated heterocycles. The van der Waals surface area contributed by atoms with Crippen LogP contribution in [0.2, 0.25) is 0 Å². The number of fused-ring (bicyclic) bond motifs is 1. The maximum atomic E-state index is 12.7. The number of benzene rings is 1. The van der Waals surface area contributed by atoms with Crippen molar-refractivity contribution in [2.24, 2.45) is 11.8 Å². The summed E-state index contributed by atoms with van der Waals surface area (Å²) in [4.78, 5) is 14.6. The van der Waals surface area contributed by atoms with E-state index in [4.69, 9.17) is 0 Å². The fourth-order valence-corrected chi connectivity index (χ4v) is 6.31. The molecule has 128 valence electrons. The van der Waals surface area contributed by atoms with E-state index < -0.39 is 5.60 Å². The fraction of sp³-hybridized carbons (Fsp3) is 0.650. The molecule has 4 bridgehead atoms. The van der Waals surface area contributed by atoms with Crippen LogP contribution in [0.3, 0.4) is 0 Å². The highest BCUT2D eigenvalue weighted by atomic mass is 16.3. The first-order valence-corrected chi connectivity index (χ1v) is 9.35. The Morgan fingerprint density at radius 3 is 2.33 bits per heavy atom. The second-order valence-electron chi connectivity index (χ2n) is 8.84. The van der Waals surface area contributed by atoms with Gasteiger partial charge in [0.1, 0.15) is 0 Å². The number of nitrogens with zero attached hydrogens (tertiary/aromatic N) is 1. The van der Waals surface area contributed by atoms with Crippen molar-refractivity contribution < 1.29 is 9.90 Å². The number of rotatable bonds is 3. The predicted octanol–water partition coefficient (Wildman–Crippen LogP) is 2.20. The van der Waals surface area contributed by atoms with E-state index in [9.17, 15) is 9.90 Å². The van der Waals surface area contributed by atoms with Gasteiger partial charge in [0.2, 0.25) is 5.91 Å². The van der Waals surface area contributed by atoms with Crippen LogP contribution in [-0.2, 0) is 17.9 Å². The molecule has 1 aromatic rings. The van der Waals surface area contributed by atoms with E-state index in [-0.39, 0.29) is 11.4 Å². The summed E-state index contributed by atoms with van der Waals surface area (Å²) in [6.07, 6.45) is 6.34. The maximum absolute atomic E-state index is 12.7. The van der Waals surface area contributed by atoms with Gasteiger partial charge in [-0.2, -0.15) is 0 Å². The van der Waals surface area contributed by atoms with Gasteiger partial charge in [-0.15, -0.1) is 0 Å². The van der Waals surface area contributed by atoms with Crippen molar-refractivity contribution >= 4 is 5.91 Å². The lowest BCUT2D eigenvalue weighted by Crippen LogP contribution is -2.65. The second kappa shape index (κ2) is 5.06. The van der Waals surface area contributed by atoms with Gasteiger partial charge in [-0.05, 0) is 61.5 Å². The van der Waals surface area contributed by atoms with E-state index in [0.29, 0.717) is 18.4 Å². The molecule has 2 unspecified atom stereocenters. The minimum atomic E-state index is -0.468. The minimum Gasteiger partial charge on any atom is -0.390 e. The van der Waals surface area contributed by atoms with Crippen molar-refractivity contribution in [1.29, 1.82) is 0 Å². The molecular weight excluding hydrogens is 300 g/mol. The molecule has 4 fully saturated rings. The van der Waals surface area contributed by atoms with Crippen LogP contribution in [0, 0.1) is 11.8 Å². The zero-order valence-corrected chi connectivity index (χ0v) is 14.1. The Kier molecular flexibility index (Phi) is 3.14. The summed E-state index contributed by atoms with van der Waals surface area (Å²) in [5.74, 6) is 1.48. The number of aliphatic hydroxyl groups is 1. The van der Waals surface area contributed by atoms with Crippen LogP contribution in [0.5, 0.6) is 0 Å². The lowest BCUT2D eigenvalue weighted by Gasteiger charge is -2.60. The van der Waals surface area contributed by atoms with Crippen molar-refractivity contribution in [1.82, 2.24) is 10.2 Å². The minimum absolute atomic E-state index is 0.00106. The van der Waals surface area contributed by atoms with E-state index in [1.807, 2.05) is 17.0 Å². The van der Waals surface area contributed by atoms with E-state index in [0.717, 1.165) is 45.2 Å². The standard InChI is InChI=1S/C20H26N2O2/c23-18(22-11-16-3-1-2-4-17(16)12-22)10-21-19-6-14-5-15(7-19)9-20(24,8-14)13-19/h1-4,14-15,21,24H,5-13H2. The molecule has 4 aliphatic carbocycles. The predicted molar refractivity (Wildman–Crippen MR) is 91.1 cm³/mol. The van der Waals surface area contributed by atoms with Crippen LogP contribution in [-0.4, -0.2) is 33.6 Å². The summed E-state index contributed by atoms with van der Waals surface area (Å²) < 4.78 is 0. The molecule has 1 aliphatic heterocycles. The molecule has 2 atom stereocenters. The SMILES string of the molecule is O=C(CNC12CC3CC(CC(O)(C3)C1)C2)N1Cc2ccccc2C1. The molecule has 5 aliphatic rings. The Labute approximate surface area is 143 Å². The van der Waals surface area contributed by atoms with E-state index in [1.165, 1.54) is 17.5 Å². The molecular formula is C20H26N2O2. The molecule has 1 heterocycles. The third-order valence-corrected chi connectivity index (χ3v) is 6.84. The number of carbonyl (C=O) groups is 1.